The summed E-state index contributed by atoms with van der Waals surface area (Å²) >= 11 is 1.72. The van der Waals surface area contributed by atoms with Crippen LogP contribution in [-0.4, -0.2) is 33.2 Å². The number of thioether (sulfide) groups is 1. The first kappa shape index (κ1) is 10.3. The van der Waals surface area contributed by atoms with Crippen LogP contribution in [0.15, 0.2) is 0 Å². The van der Waals surface area contributed by atoms with Crippen molar-refractivity contribution in [2.24, 2.45) is 0 Å². The number of rotatable bonds is 5. The van der Waals surface area contributed by atoms with Crippen LogP contribution in [0.1, 0.15) is 6.42 Å². The lowest BCUT2D eigenvalue weighted by atomic mass is 10.5. The molecule has 5 heteroatoms. The van der Waals surface area contributed by atoms with Crippen molar-refractivity contribution in [3.63, 3.8) is 0 Å². The summed E-state index contributed by atoms with van der Waals surface area (Å²) in [6, 6.07) is 0. The van der Waals surface area contributed by atoms with Gasteiger partial charge in [-0.2, -0.15) is 11.8 Å². The lowest BCUT2D eigenvalue weighted by Crippen LogP contribution is -2.23. The van der Waals surface area contributed by atoms with Crippen LogP contribution in [-0.2, 0) is 10.0 Å². The molecule has 0 aromatic rings. The van der Waals surface area contributed by atoms with Crippen molar-refractivity contribution in [3.05, 3.63) is 0 Å². The third-order valence-corrected chi connectivity index (χ3v) is 2.31. The molecule has 0 saturated carbocycles. The van der Waals surface area contributed by atoms with Gasteiger partial charge in [-0.1, -0.05) is 0 Å². The minimum Gasteiger partial charge on any atom is -0.215 e. The maximum atomic E-state index is 10.5. The van der Waals surface area contributed by atoms with Gasteiger partial charge in [-0.15, -0.1) is 0 Å². The van der Waals surface area contributed by atoms with Crippen LogP contribution in [0.3, 0.4) is 0 Å². The molecule has 62 valence electrons. The summed E-state index contributed by atoms with van der Waals surface area (Å²) in [6.07, 6.45) is 4.07. The van der Waals surface area contributed by atoms with Crippen LogP contribution < -0.4 is 4.72 Å². The summed E-state index contributed by atoms with van der Waals surface area (Å²) in [5, 5.41) is 0. The van der Waals surface area contributed by atoms with Crippen LogP contribution >= 0.6 is 11.8 Å². The predicted molar refractivity (Wildman–Crippen MR) is 45.8 cm³/mol. The molecule has 0 radical (unpaired) electrons. The smallest absolute Gasteiger partial charge is 0.208 e. The number of hydrogen-bond donors (Lipinski definition) is 1. The summed E-state index contributed by atoms with van der Waals surface area (Å²) in [7, 11) is -2.96. The fraction of sp³-hybridized carbons (Fsp3) is 1.00. The first-order valence-corrected chi connectivity index (χ1v) is 6.28. The Kier molecular flexibility index (Phi) is 5.11. The molecule has 0 saturated heterocycles. The van der Waals surface area contributed by atoms with Gasteiger partial charge >= 0.3 is 0 Å². The normalized spacial score (nSPS) is 11.8. The topological polar surface area (TPSA) is 46.2 Å². The van der Waals surface area contributed by atoms with Gasteiger partial charge in [0.25, 0.3) is 0 Å². The van der Waals surface area contributed by atoms with E-state index in [-0.39, 0.29) is 0 Å². The average molecular weight is 183 g/mol. The van der Waals surface area contributed by atoms with E-state index in [0.717, 1.165) is 12.2 Å². The van der Waals surface area contributed by atoms with Crippen LogP contribution in [0.5, 0.6) is 0 Å². The molecule has 0 fully saturated rings. The van der Waals surface area contributed by atoms with Crippen molar-refractivity contribution in [1.29, 1.82) is 0 Å². The molecule has 0 aromatic carbocycles. The molecule has 0 bridgehead atoms. The molecule has 0 aliphatic rings. The van der Waals surface area contributed by atoms with Crippen LogP contribution in [0.2, 0.25) is 0 Å². The summed E-state index contributed by atoms with van der Waals surface area (Å²) in [4.78, 5) is 0. The van der Waals surface area contributed by atoms with Gasteiger partial charge in [-0.05, 0) is 18.4 Å². The SMILES string of the molecule is CSCCCNS(C)(=O)=O. The van der Waals surface area contributed by atoms with Crippen molar-refractivity contribution in [2.45, 2.75) is 6.42 Å². The zero-order valence-corrected chi connectivity index (χ0v) is 7.89. The van der Waals surface area contributed by atoms with Gasteiger partial charge in [-0.25, -0.2) is 13.1 Å². The van der Waals surface area contributed by atoms with Crippen LogP contribution in [0.25, 0.3) is 0 Å². The second-order valence-corrected chi connectivity index (χ2v) is 4.83. The number of hydrogen-bond acceptors (Lipinski definition) is 3. The molecule has 0 spiro atoms. The Balaban J connectivity index is 3.21. The highest BCUT2D eigenvalue weighted by atomic mass is 32.2. The second-order valence-electron chi connectivity index (χ2n) is 2.01. The third kappa shape index (κ3) is 8.26. The Morgan fingerprint density at radius 1 is 1.50 bits per heavy atom. The summed E-state index contributed by atoms with van der Waals surface area (Å²) in [6.45, 7) is 0.555. The second kappa shape index (κ2) is 4.98. The first-order chi connectivity index (χ1) is 4.56. The standard InChI is InChI=1S/C5H13NO2S2/c1-9-5-3-4-6-10(2,7)8/h6H,3-5H2,1-2H3. The lowest BCUT2D eigenvalue weighted by Gasteiger charge is -1.99. The summed E-state index contributed by atoms with van der Waals surface area (Å²) in [5.41, 5.74) is 0. The molecule has 0 aliphatic carbocycles. The van der Waals surface area contributed by atoms with Crippen molar-refractivity contribution < 1.29 is 8.42 Å². The van der Waals surface area contributed by atoms with Crippen molar-refractivity contribution >= 4 is 21.8 Å². The van der Waals surface area contributed by atoms with E-state index in [2.05, 4.69) is 4.72 Å². The van der Waals surface area contributed by atoms with Gasteiger partial charge in [0.2, 0.25) is 10.0 Å². The average Bonchev–Trinajstić information content (AvgIpc) is 1.78. The Labute approximate surface area is 66.6 Å². The van der Waals surface area contributed by atoms with Gasteiger partial charge < -0.3 is 0 Å². The lowest BCUT2D eigenvalue weighted by molar-refractivity contribution is 0.587. The van der Waals surface area contributed by atoms with Crippen molar-refractivity contribution in [3.8, 4) is 0 Å². The molecule has 3 nitrogen and oxygen atoms in total. The Morgan fingerprint density at radius 3 is 2.50 bits per heavy atom. The van der Waals surface area contributed by atoms with Gasteiger partial charge in [0.15, 0.2) is 0 Å². The van der Waals surface area contributed by atoms with Crippen LogP contribution in [0, 0.1) is 0 Å². The molecule has 1 N–H and O–H groups in total. The maximum Gasteiger partial charge on any atom is 0.208 e. The van der Waals surface area contributed by atoms with E-state index < -0.39 is 10.0 Å². The predicted octanol–water partition coefficient (Wildman–Crippen LogP) is 0.289. The van der Waals surface area contributed by atoms with Gasteiger partial charge in [-0.3, -0.25) is 0 Å². The first-order valence-electron chi connectivity index (χ1n) is 3.00. The molecule has 0 aliphatic heterocycles. The van der Waals surface area contributed by atoms with Crippen molar-refractivity contribution in [1.82, 2.24) is 4.72 Å². The quantitative estimate of drug-likeness (QED) is 0.623. The molecule has 0 atom stereocenters. The molecule has 0 amide bonds. The molecule has 0 aromatic heterocycles. The van der Waals surface area contributed by atoms with E-state index in [1.807, 2.05) is 6.26 Å². The summed E-state index contributed by atoms with van der Waals surface area (Å²) < 4.78 is 23.4. The van der Waals surface area contributed by atoms with Gasteiger partial charge in [0, 0.05) is 6.54 Å². The van der Waals surface area contributed by atoms with E-state index in [1.54, 1.807) is 11.8 Å². The number of sulfonamides is 1. The van der Waals surface area contributed by atoms with E-state index in [4.69, 9.17) is 0 Å². The zero-order valence-electron chi connectivity index (χ0n) is 6.25. The minimum absolute atomic E-state index is 0.555. The Morgan fingerprint density at radius 2 is 2.10 bits per heavy atom. The Hall–Kier alpha value is 0.260. The van der Waals surface area contributed by atoms with Crippen LogP contribution in [0.4, 0.5) is 0 Å². The van der Waals surface area contributed by atoms with E-state index in [0.29, 0.717) is 6.54 Å². The highest BCUT2D eigenvalue weighted by Crippen LogP contribution is 1.93. The molecule has 0 rings (SSSR count). The Bertz CT molecular complexity index is 164. The molecule has 0 unspecified atom stereocenters. The van der Waals surface area contributed by atoms with Gasteiger partial charge in [0.05, 0.1) is 6.26 Å². The summed E-state index contributed by atoms with van der Waals surface area (Å²) in [5.74, 6) is 1.00. The minimum atomic E-state index is -2.96. The fourth-order valence-corrected chi connectivity index (χ4v) is 1.42. The molecular formula is C5H13NO2S2. The third-order valence-electron chi connectivity index (χ3n) is 0.889. The molecule has 10 heavy (non-hydrogen) atoms. The highest BCUT2D eigenvalue weighted by molar-refractivity contribution is 7.98. The van der Waals surface area contributed by atoms with Crippen molar-refractivity contribution in [2.75, 3.05) is 24.8 Å². The van der Waals surface area contributed by atoms with E-state index >= 15 is 0 Å². The zero-order chi connectivity index (χ0) is 8.04. The molecule has 0 heterocycles. The maximum absolute atomic E-state index is 10.5. The van der Waals surface area contributed by atoms with Gasteiger partial charge in [0.1, 0.15) is 0 Å². The largest absolute Gasteiger partial charge is 0.215 e. The fourth-order valence-electron chi connectivity index (χ4n) is 0.474. The molecular weight excluding hydrogens is 170 g/mol. The number of nitrogens with one attached hydrogen (secondary N) is 1. The van der Waals surface area contributed by atoms with E-state index in [9.17, 15) is 8.42 Å². The van der Waals surface area contributed by atoms with E-state index in [1.165, 1.54) is 6.26 Å². The highest BCUT2D eigenvalue weighted by Gasteiger charge is 1.96. The monoisotopic (exact) mass is 183 g/mol.